The fraction of sp³-hybridized carbons (Fsp3) is 0.375. The van der Waals surface area contributed by atoms with Crippen LogP contribution in [0.15, 0.2) is 17.5 Å². The zero-order chi connectivity index (χ0) is 15.1. The Bertz CT molecular complexity index is 708. The first-order chi connectivity index (χ1) is 9.99. The van der Waals surface area contributed by atoms with Gasteiger partial charge in [-0.2, -0.15) is 0 Å². The number of rotatable bonds is 2. The highest BCUT2D eigenvalue weighted by atomic mass is 32.1. The monoisotopic (exact) mass is 302 g/mol. The summed E-state index contributed by atoms with van der Waals surface area (Å²) in [6, 6.07) is 4.24. The van der Waals surface area contributed by atoms with Gasteiger partial charge in [-0.15, -0.1) is 11.3 Å². The number of hydrogen-bond donors (Lipinski definition) is 1. The van der Waals surface area contributed by atoms with Crippen LogP contribution in [0.5, 0.6) is 0 Å². The average Bonchev–Trinajstić information content (AvgIpc) is 2.86. The van der Waals surface area contributed by atoms with Crippen molar-refractivity contribution in [2.24, 2.45) is 0 Å². The molecular weight excluding hydrogens is 284 g/mol. The first-order valence-electron chi connectivity index (χ1n) is 7.03. The van der Waals surface area contributed by atoms with Crippen molar-refractivity contribution in [3.63, 3.8) is 0 Å². The van der Waals surface area contributed by atoms with Gasteiger partial charge in [-0.05, 0) is 50.3 Å². The molecule has 0 bridgehead atoms. The molecule has 21 heavy (non-hydrogen) atoms. The molecule has 0 amide bonds. The van der Waals surface area contributed by atoms with E-state index in [0.717, 1.165) is 24.3 Å². The van der Waals surface area contributed by atoms with Crippen molar-refractivity contribution in [3.8, 4) is 0 Å². The molecule has 0 saturated carbocycles. The lowest BCUT2D eigenvalue weighted by Crippen LogP contribution is -2.34. The third-order valence-electron chi connectivity index (χ3n) is 4.11. The Kier molecular flexibility index (Phi) is 3.45. The SMILES string of the molecule is Cc1cc(N2CCc3sccc3C2C)c(C(=O)O)c(C)n1. The molecule has 5 heteroatoms. The second kappa shape index (κ2) is 5.15. The molecule has 3 rings (SSSR count). The largest absolute Gasteiger partial charge is 0.478 e. The van der Waals surface area contributed by atoms with Crippen LogP contribution in [-0.2, 0) is 6.42 Å². The van der Waals surface area contributed by atoms with Crippen molar-refractivity contribution in [2.45, 2.75) is 33.2 Å². The van der Waals surface area contributed by atoms with Gasteiger partial charge in [-0.1, -0.05) is 0 Å². The van der Waals surface area contributed by atoms with E-state index in [9.17, 15) is 9.90 Å². The van der Waals surface area contributed by atoms with Crippen LogP contribution in [-0.4, -0.2) is 22.6 Å². The van der Waals surface area contributed by atoms with Crippen LogP contribution in [0.4, 0.5) is 5.69 Å². The number of pyridine rings is 1. The number of thiophene rings is 1. The minimum absolute atomic E-state index is 0.194. The summed E-state index contributed by atoms with van der Waals surface area (Å²) < 4.78 is 0. The van der Waals surface area contributed by atoms with Gasteiger partial charge in [-0.25, -0.2) is 4.79 Å². The van der Waals surface area contributed by atoms with Gasteiger partial charge in [0, 0.05) is 17.1 Å². The number of carboxylic acids is 1. The summed E-state index contributed by atoms with van der Waals surface area (Å²) in [6.45, 7) is 6.66. The molecule has 2 aromatic heterocycles. The number of anilines is 1. The van der Waals surface area contributed by atoms with Gasteiger partial charge < -0.3 is 10.0 Å². The summed E-state index contributed by atoms with van der Waals surface area (Å²) in [5.74, 6) is -0.904. The minimum Gasteiger partial charge on any atom is -0.478 e. The highest BCUT2D eigenvalue weighted by molar-refractivity contribution is 7.10. The van der Waals surface area contributed by atoms with Gasteiger partial charge in [-0.3, -0.25) is 4.98 Å². The highest BCUT2D eigenvalue weighted by Gasteiger charge is 2.29. The molecule has 0 radical (unpaired) electrons. The zero-order valence-electron chi connectivity index (χ0n) is 12.4. The Hall–Kier alpha value is -1.88. The second-order valence-corrected chi connectivity index (χ2v) is 6.47. The van der Waals surface area contributed by atoms with E-state index in [1.54, 1.807) is 18.3 Å². The molecular formula is C16H18N2O2S. The lowest BCUT2D eigenvalue weighted by atomic mass is 9.99. The molecule has 1 aliphatic heterocycles. The lowest BCUT2D eigenvalue weighted by molar-refractivity contribution is 0.0696. The summed E-state index contributed by atoms with van der Waals surface area (Å²) in [5.41, 5.74) is 3.87. The Balaban J connectivity index is 2.11. The minimum atomic E-state index is -0.904. The number of carbonyl (C=O) groups is 1. The van der Waals surface area contributed by atoms with Gasteiger partial charge in [0.05, 0.1) is 17.4 Å². The van der Waals surface area contributed by atoms with Crippen LogP contribution in [0.25, 0.3) is 0 Å². The number of aromatic nitrogens is 1. The first kappa shape index (κ1) is 14.1. The molecule has 1 atom stereocenters. The van der Waals surface area contributed by atoms with Crippen LogP contribution in [0.3, 0.4) is 0 Å². The van der Waals surface area contributed by atoms with Gasteiger partial charge in [0.1, 0.15) is 5.56 Å². The van der Waals surface area contributed by atoms with E-state index in [4.69, 9.17) is 0 Å². The third-order valence-corrected chi connectivity index (χ3v) is 5.10. The molecule has 110 valence electrons. The van der Waals surface area contributed by atoms with Gasteiger partial charge in [0.15, 0.2) is 0 Å². The summed E-state index contributed by atoms with van der Waals surface area (Å²) in [5, 5.41) is 11.7. The molecule has 0 spiro atoms. The fourth-order valence-corrected chi connectivity index (χ4v) is 4.10. The number of carboxylic acid groups (broad SMARTS) is 1. The molecule has 0 aromatic carbocycles. The van der Waals surface area contributed by atoms with Crippen LogP contribution in [0.1, 0.15) is 45.2 Å². The molecule has 1 aliphatic rings. The summed E-state index contributed by atoms with van der Waals surface area (Å²) >= 11 is 1.79. The van der Waals surface area contributed by atoms with Crippen molar-refractivity contribution in [1.82, 2.24) is 4.98 Å². The fourth-order valence-electron chi connectivity index (χ4n) is 3.14. The number of aryl methyl sites for hydroxylation is 2. The Labute approximate surface area is 128 Å². The van der Waals surface area contributed by atoms with Gasteiger partial charge >= 0.3 is 5.97 Å². The summed E-state index contributed by atoms with van der Waals surface area (Å²) in [6.07, 6.45) is 0.969. The van der Waals surface area contributed by atoms with E-state index in [1.165, 1.54) is 10.4 Å². The van der Waals surface area contributed by atoms with Crippen LogP contribution >= 0.6 is 11.3 Å². The number of fused-ring (bicyclic) bond motifs is 1. The van der Waals surface area contributed by atoms with Crippen molar-refractivity contribution in [3.05, 3.63) is 44.9 Å². The maximum absolute atomic E-state index is 11.6. The first-order valence-corrected chi connectivity index (χ1v) is 7.91. The molecule has 0 aliphatic carbocycles. The Morgan fingerprint density at radius 1 is 1.48 bits per heavy atom. The maximum Gasteiger partial charge on any atom is 0.339 e. The van der Waals surface area contributed by atoms with Crippen LogP contribution in [0.2, 0.25) is 0 Å². The van der Waals surface area contributed by atoms with Crippen molar-refractivity contribution < 1.29 is 9.90 Å². The molecule has 0 saturated heterocycles. The quantitative estimate of drug-likeness (QED) is 0.921. The van der Waals surface area contributed by atoms with Crippen molar-refractivity contribution in [2.75, 3.05) is 11.4 Å². The topological polar surface area (TPSA) is 53.4 Å². The second-order valence-electron chi connectivity index (χ2n) is 5.47. The summed E-state index contributed by atoms with van der Waals surface area (Å²) in [4.78, 5) is 19.5. The van der Waals surface area contributed by atoms with Crippen LogP contribution < -0.4 is 4.90 Å². The number of hydrogen-bond acceptors (Lipinski definition) is 4. The van der Waals surface area contributed by atoms with Crippen molar-refractivity contribution >= 4 is 23.0 Å². The molecule has 3 heterocycles. The lowest BCUT2D eigenvalue weighted by Gasteiger charge is -2.36. The molecule has 1 unspecified atom stereocenters. The van der Waals surface area contributed by atoms with Gasteiger partial charge in [0.2, 0.25) is 0 Å². The van der Waals surface area contributed by atoms with E-state index in [1.807, 2.05) is 13.0 Å². The van der Waals surface area contributed by atoms with E-state index < -0.39 is 5.97 Å². The predicted molar refractivity (Wildman–Crippen MR) is 84.5 cm³/mol. The van der Waals surface area contributed by atoms with E-state index >= 15 is 0 Å². The smallest absolute Gasteiger partial charge is 0.339 e. The standard InChI is InChI=1S/C16H18N2O2S/c1-9-8-13(15(16(19)20)10(2)17-9)18-6-4-14-12(11(18)3)5-7-21-14/h5,7-8,11H,4,6H2,1-3H3,(H,19,20). The Morgan fingerprint density at radius 3 is 2.95 bits per heavy atom. The van der Waals surface area contributed by atoms with E-state index in [2.05, 4.69) is 28.3 Å². The average molecular weight is 302 g/mol. The number of aromatic carboxylic acids is 1. The van der Waals surface area contributed by atoms with E-state index in [-0.39, 0.29) is 6.04 Å². The molecule has 1 N–H and O–H groups in total. The highest BCUT2D eigenvalue weighted by Crippen LogP contribution is 2.38. The Morgan fingerprint density at radius 2 is 2.24 bits per heavy atom. The predicted octanol–water partition coefficient (Wildman–Crippen LogP) is 3.58. The number of nitrogens with zero attached hydrogens (tertiary/aromatic N) is 2. The molecule has 4 nitrogen and oxygen atoms in total. The van der Waals surface area contributed by atoms with Crippen LogP contribution in [0, 0.1) is 13.8 Å². The van der Waals surface area contributed by atoms with Gasteiger partial charge in [0.25, 0.3) is 0 Å². The van der Waals surface area contributed by atoms with Crippen molar-refractivity contribution in [1.29, 1.82) is 0 Å². The zero-order valence-corrected chi connectivity index (χ0v) is 13.2. The molecule has 2 aromatic rings. The third kappa shape index (κ3) is 2.31. The molecule has 0 fully saturated rings. The maximum atomic E-state index is 11.6. The normalized spacial score (nSPS) is 17.7. The van der Waals surface area contributed by atoms with E-state index in [0.29, 0.717) is 11.3 Å². The summed E-state index contributed by atoms with van der Waals surface area (Å²) in [7, 11) is 0.